The summed E-state index contributed by atoms with van der Waals surface area (Å²) in [4.78, 5) is 0. The van der Waals surface area contributed by atoms with E-state index in [1.165, 1.54) is 116 Å². The quantitative estimate of drug-likeness (QED) is 0.169. The summed E-state index contributed by atoms with van der Waals surface area (Å²) in [5.41, 5.74) is 22.1. The Hall–Kier alpha value is -8.26. The van der Waals surface area contributed by atoms with Gasteiger partial charge in [0, 0.05) is 16.5 Å². The Morgan fingerprint density at radius 3 is 1.15 bits per heavy atom. The van der Waals surface area contributed by atoms with Gasteiger partial charge in [0.25, 0.3) is 0 Å². The first-order valence-corrected chi connectivity index (χ1v) is 22.7. The van der Waals surface area contributed by atoms with Crippen molar-refractivity contribution in [3.63, 3.8) is 0 Å². The molecule has 4 aliphatic rings. The van der Waals surface area contributed by atoms with Gasteiger partial charge in [-0.05, 0) is 123 Å². The van der Waals surface area contributed by atoms with E-state index in [0.29, 0.717) is 0 Å². The van der Waals surface area contributed by atoms with E-state index in [1.54, 1.807) is 0 Å². The van der Waals surface area contributed by atoms with E-state index in [1.807, 2.05) is 0 Å². The minimum atomic E-state index is -0.568. The molecule has 0 saturated heterocycles. The van der Waals surface area contributed by atoms with E-state index in [9.17, 15) is 0 Å². The minimum absolute atomic E-state index is 0.394. The lowest BCUT2D eigenvalue weighted by atomic mass is 9.65. The molecule has 0 bridgehead atoms. The van der Waals surface area contributed by atoms with Crippen LogP contribution in [0.25, 0.3) is 77.2 Å². The number of hydrogen-bond donors (Lipinski definition) is 0. The van der Waals surface area contributed by atoms with Gasteiger partial charge < -0.3 is 4.74 Å². The van der Waals surface area contributed by atoms with Gasteiger partial charge in [-0.25, -0.2) is 0 Å². The summed E-state index contributed by atoms with van der Waals surface area (Å²) in [6.07, 6.45) is 0. The molecule has 11 aromatic rings. The third kappa shape index (κ3) is 4.33. The van der Waals surface area contributed by atoms with Crippen molar-refractivity contribution >= 4 is 21.5 Å². The highest BCUT2D eigenvalue weighted by molar-refractivity contribution is 6.06. The van der Waals surface area contributed by atoms with Crippen molar-refractivity contribution in [3.8, 4) is 67.1 Å². The van der Waals surface area contributed by atoms with E-state index in [2.05, 4.69) is 231 Å². The number of fused-ring (bicyclic) bond motifs is 22. The van der Waals surface area contributed by atoms with Gasteiger partial charge in [-0.2, -0.15) is 0 Å². The molecule has 1 nitrogen and oxygen atoms in total. The monoisotopic (exact) mass is 822 g/mol. The molecular weight excluding hydrogens is 785 g/mol. The average molecular weight is 823 g/mol. The van der Waals surface area contributed by atoms with Crippen molar-refractivity contribution < 1.29 is 4.74 Å². The second-order valence-corrected chi connectivity index (χ2v) is 18.2. The lowest BCUT2D eigenvalue weighted by molar-refractivity contribution is 0.442. The second kappa shape index (κ2) is 12.7. The normalized spacial score (nSPS) is 14.5. The Balaban J connectivity index is 0.940. The SMILES string of the molecule is c1ccc2c(c1)-c1ccccc1C21c2ccccc2-c2ccc(-c3ccc(-c4ccc5c(c4)C4(c6ccccc6-c6ccccc64)c4ccc6ccccc6c4O5)c4ccccc34)cc21. The predicted octanol–water partition coefficient (Wildman–Crippen LogP) is 16.1. The molecule has 0 saturated carbocycles. The first kappa shape index (κ1) is 35.2. The molecule has 1 aliphatic heterocycles. The largest absolute Gasteiger partial charge is 0.456 e. The van der Waals surface area contributed by atoms with Crippen LogP contribution in [0.3, 0.4) is 0 Å². The van der Waals surface area contributed by atoms with Crippen LogP contribution in [0.1, 0.15) is 44.5 Å². The van der Waals surface area contributed by atoms with Crippen molar-refractivity contribution in [3.05, 3.63) is 275 Å². The van der Waals surface area contributed by atoms with Gasteiger partial charge in [-0.1, -0.05) is 212 Å². The van der Waals surface area contributed by atoms with Crippen molar-refractivity contribution in [1.82, 2.24) is 0 Å². The molecule has 15 rings (SSSR count). The van der Waals surface area contributed by atoms with E-state index in [4.69, 9.17) is 4.74 Å². The minimum Gasteiger partial charge on any atom is -0.456 e. The van der Waals surface area contributed by atoms with Crippen LogP contribution in [0.15, 0.2) is 231 Å². The summed E-state index contributed by atoms with van der Waals surface area (Å²) in [5.74, 6) is 1.83. The maximum Gasteiger partial charge on any atom is 0.140 e. The van der Waals surface area contributed by atoms with E-state index >= 15 is 0 Å². The zero-order chi connectivity index (χ0) is 42.4. The highest BCUT2D eigenvalue weighted by Crippen LogP contribution is 2.65. The van der Waals surface area contributed by atoms with Crippen LogP contribution in [0.5, 0.6) is 11.5 Å². The molecule has 0 unspecified atom stereocenters. The first-order valence-electron chi connectivity index (χ1n) is 22.7. The number of ether oxygens (including phenoxy) is 1. The molecule has 65 heavy (non-hydrogen) atoms. The summed E-state index contributed by atoms with van der Waals surface area (Å²) in [6, 6.07) is 86.2. The van der Waals surface area contributed by atoms with Gasteiger partial charge in [-0.3, -0.25) is 0 Å². The Morgan fingerprint density at radius 1 is 0.246 bits per heavy atom. The van der Waals surface area contributed by atoms with Crippen LogP contribution in [0.4, 0.5) is 0 Å². The fourth-order valence-electron chi connectivity index (χ4n) is 12.9. The Labute approximate surface area is 377 Å². The second-order valence-electron chi connectivity index (χ2n) is 18.2. The molecule has 1 heteroatoms. The number of rotatable bonds is 2. The zero-order valence-corrected chi connectivity index (χ0v) is 35.3. The molecule has 0 N–H and O–H groups in total. The summed E-state index contributed by atoms with van der Waals surface area (Å²) in [5, 5.41) is 4.77. The van der Waals surface area contributed by atoms with Crippen LogP contribution in [-0.4, -0.2) is 0 Å². The van der Waals surface area contributed by atoms with E-state index in [0.717, 1.165) is 16.9 Å². The lowest BCUT2D eigenvalue weighted by Crippen LogP contribution is -2.32. The van der Waals surface area contributed by atoms with Crippen molar-refractivity contribution in [1.29, 1.82) is 0 Å². The summed E-state index contributed by atoms with van der Waals surface area (Å²) in [7, 11) is 0. The molecule has 0 atom stereocenters. The van der Waals surface area contributed by atoms with E-state index < -0.39 is 10.8 Å². The standard InChI is InChI=1S/C64H38O/c1-2-16-44-39(15-1)30-35-58-62(44)65-61-36-31-41(38-60(61)64(58)56-27-13-7-21-49(56)50-22-8-14-28-57(50)64)43-34-33-42(45-17-3-4-18-46(43)45)40-29-32-52-51-23-9-12-26-55(51)63(59(52)37-40)53-24-10-5-19-47(53)48-20-6-11-25-54(48)63/h1-38H. The number of hydrogen-bond acceptors (Lipinski definition) is 1. The highest BCUT2D eigenvalue weighted by atomic mass is 16.5. The first-order chi connectivity index (χ1) is 32.2. The van der Waals surface area contributed by atoms with Crippen molar-refractivity contribution in [2.24, 2.45) is 0 Å². The molecule has 0 aromatic heterocycles. The maximum atomic E-state index is 7.11. The maximum absolute atomic E-state index is 7.11. The van der Waals surface area contributed by atoms with Gasteiger partial charge in [-0.15, -0.1) is 0 Å². The van der Waals surface area contributed by atoms with Crippen LogP contribution in [0, 0.1) is 0 Å². The van der Waals surface area contributed by atoms with Gasteiger partial charge in [0.15, 0.2) is 0 Å². The average Bonchev–Trinajstić information content (AvgIpc) is 3.96. The Bertz CT molecular complexity index is 3780. The zero-order valence-electron chi connectivity index (χ0n) is 35.3. The van der Waals surface area contributed by atoms with Crippen LogP contribution in [0.2, 0.25) is 0 Å². The van der Waals surface area contributed by atoms with Crippen LogP contribution >= 0.6 is 0 Å². The molecule has 1 heterocycles. The number of benzene rings is 11. The molecule has 11 aromatic carbocycles. The molecule has 0 radical (unpaired) electrons. The Morgan fingerprint density at radius 2 is 0.631 bits per heavy atom. The van der Waals surface area contributed by atoms with Crippen LogP contribution < -0.4 is 4.74 Å². The molecular formula is C64H38O. The van der Waals surface area contributed by atoms with Gasteiger partial charge in [0.05, 0.1) is 10.8 Å². The Kier molecular flexibility index (Phi) is 6.88. The highest BCUT2D eigenvalue weighted by Gasteiger charge is 2.53. The van der Waals surface area contributed by atoms with Crippen molar-refractivity contribution in [2.75, 3.05) is 0 Å². The fraction of sp³-hybridized carbons (Fsp3) is 0.0312. The molecule has 2 spiro atoms. The third-order valence-corrected chi connectivity index (χ3v) is 15.4. The smallest absolute Gasteiger partial charge is 0.140 e. The molecule has 300 valence electrons. The summed E-state index contributed by atoms with van der Waals surface area (Å²) >= 11 is 0. The van der Waals surface area contributed by atoms with Gasteiger partial charge in [0.1, 0.15) is 11.5 Å². The van der Waals surface area contributed by atoms with Crippen molar-refractivity contribution in [2.45, 2.75) is 10.8 Å². The summed E-state index contributed by atoms with van der Waals surface area (Å²) < 4.78 is 7.11. The molecule has 3 aliphatic carbocycles. The fourth-order valence-corrected chi connectivity index (χ4v) is 12.9. The lowest BCUT2D eigenvalue weighted by Gasteiger charge is -2.40. The topological polar surface area (TPSA) is 9.23 Å². The van der Waals surface area contributed by atoms with E-state index in [-0.39, 0.29) is 0 Å². The predicted molar refractivity (Wildman–Crippen MR) is 266 cm³/mol. The van der Waals surface area contributed by atoms with Gasteiger partial charge >= 0.3 is 0 Å². The molecule has 0 fully saturated rings. The van der Waals surface area contributed by atoms with Gasteiger partial charge in [0.2, 0.25) is 0 Å². The molecule has 0 amide bonds. The van der Waals surface area contributed by atoms with Crippen LogP contribution in [-0.2, 0) is 10.8 Å². The summed E-state index contributed by atoms with van der Waals surface area (Å²) in [6.45, 7) is 0. The third-order valence-electron chi connectivity index (χ3n) is 15.4.